The number of nitrogens with zero attached hydrogens (tertiary/aromatic N) is 1. The molecule has 2 amide bonds. The number of Topliss-reactive ketones (excluding diaryl/α,β-unsaturated/α-hetero) is 1. The Morgan fingerprint density at radius 3 is 2.11 bits per heavy atom. The molecule has 2 atom stereocenters. The smallest absolute Gasteiger partial charge is 0.338 e. The van der Waals surface area contributed by atoms with E-state index in [1.807, 2.05) is 48.5 Å². The van der Waals surface area contributed by atoms with Crippen LogP contribution in [0.1, 0.15) is 52.4 Å². The molecular formula is C29H23NO5. The summed E-state index contributed by atoms with van der Waals surface area (Å²) in [6, 6.07) is 21.7. The summed E-state index contributed by atoms with van der Waals surface area (Å²) in [6.45, 7) is 3.44. The standard InChI is InChI=1S/C29H23NO5/c1-3-35-28(34)17-9-8-10-18(15-17)30-26(32)24-23-19-11-4-6-13-21(19)29(16(2)31,25(24)27(30)33)22-14-7-5-12-20(22)23/h4-15,23-25H,3H2,1-2H3/t23?,24-,25+,29?/m0/s1. The highest BCUT2D eigenvalue weighted by atomic mass is 16.5. The fourth-order valence-corrected chi connectivity index (χ4v) is 6.61. The third kappa shape index (κ3) is 2.59. The third-order valence-electron chi connectivity index (χ3n) is 7.79. The van der Waals surface area contributed by atoms with Gasteiger partial charge in [0.2, 0.25) is 11.8 Å². The van der Waals surface area contributed by atoms with Crippen LogP contribution in [-0.4, -0.2) is 30.2 Å². The average molecular weight is 466 g/mol. The second-order valence-electron chi connectivity index (χ2n) is 9.30. The lowest BCUT2D eigenvalue weighted by Gasteiger charge is -2.52. The van der Waals surface area contributed by atoms with Crippen LogP contribution in [-0.2, 0) is 24.5 Å². The summed E-state index contributed by atoms with van der Waals surface area (Å²) in [4.78, 5) is 55.2. The molecule has 2 bridgehead atoms. The Morgan fingerprint density at radius 2 is 1.51 bits per heavy atom. The van der Waals surface area contributed by atoms with Gasteiger partial charge in [-0.15, -0.1) is 0 Å². The Balaban J connectivity index is 1.57. The molecule has 0 radical (unpaired) electrons. The lowest BCUT2D eigenvalue weighted by molar-refractivity contribution is -0.132. The Bertz CT molecular complexity index is 1390. The number of hydrogen-bond acceptors (Lipinski definition) is 5. The Hall–Kier alpha value is -4.06. The van der Waals surface area contributed by atoms with Crippen molar-refractivity contribution in [2.75, 3.05) is 11.5 Å². The summed E-state index contributed by atoms with van der Waals surface area (Å²) in [6.07, 6.45) is 0. The molecule has 1 saturated heterocycles. The summed E-state index contributed by atoms with van der Waals surface area (Å²) >= 11 is 0. The lowest BCUT2D eigenvalue weighted by Crippen LogP contribution is -2.57. The van der Waals surface area contributed by atoms with Gasteiger partial charge in [-0.25, -0.2) is 9.69 Å². The van der Waals surface area contributed by atoms with Crippen LogP contribution >= 0.6 is 0 Å². The summed E-state index contributed by atoms with van der Waals surface area (Å²) < 4.78 is 5.10. The zero-order chi connectivity index (χ0) is 24.5. The van der Waals surface area contributed by atoms with Gasteiger partial charge in [-0.3, -0.25) is 14.4 Å². The first-order chi connectivity index (χ1) is 16.9. The lowest BCUT2D eigenvalue weighted by atomic mass is 9.46. The molecule has 0 aromatic heterocycles. The molecule has 0 N–H and O–H groups in total. The van der Waals surface area contributed by atoms with Gasteiger partial charge in [-0.2, -0.15) is 0 Å². The topological polar surface area (TPSA) is 80.8 Å². The Kier molecular flexibility index (Phi) is 4.58. The summed E-state index contributed by atoms with van der Waals surface area (Å²) in [5.41, 5.74) is 2.78. The molecular weight excluding hydrogens is 442 g/mol. The SMILES string of the molecule is CCOC(=O)c1cccc(N2C(=O)[C@H]3C4c5ccccc5C(C(C)=O)(c5ccccc54)[C@H]3C2=O)c1. The molecule has 1 aliphatic heterocycles. The third-order valence-corrected chi connectivity index (χ3v) is 7.79. The van der Waals surface area contributed by atoms with Crippen LogP contribution in [0.2, 0.25) is 0 Å². The number of ketones is 1. The van der Waals surface area contributed by atoms with Crippen LogP contribution in [0.5, 0.6) is 0 Å². The van der Waals surface area contributed by atoms with Crippen LogP contribution in [0, 0.1) is 11.8 Å². The quantitative estimate of drug-likeness (QED) is 0.430. The first kappa shape index (κ1) is 21.5. The largest absolute Gasteiger partial charge is 0.462 e. The van der Waals surface area contributed by atoms with E-state index < -0.39 is 29.1 Å². The molecule has 0 saturated carbocycles. The van der Waals surface area contributed by atoms with Crippen molar-refractivity contribution in [2.45, 2.75) is 25.2 Å². The number of ether oxygens (including phenoxy) is 1. The fraction of sp³-hybridized carbons (Fsp3) is 0.241. The van der Waals surface area contributed by atoms with E-state index in [0.29, 0.717) is 5.69 Å². The minimum absolute atomic E-state index is 0.158. The van der Waals surface area contributed by atoms with Crippen LogP contribution in [0.4, 0.5) is 5.69 Å². The molecule has 1 fully saturated rings. The van der Waals surface area contributed by atoms with Gasteiger partial charge in [-0.1, -0.05) is 54.6 Å². The maximum absolute atomic E-state index is 14.1. The minimum Gasteiger partial charge on any atom is -0.462 e. The van der Waals surface area contributed by atoms with E-state index in [1.165, 1.54) is 17.9 Å². The molecule has 7 rings (SSSR count). The van der Waals surface area contributed by atoms with Crippen molar-refractivity contribution in [2.24, 2.45) is 11.8 Å². The average Bonchev–Trinajstić information content (AvgIpc) is 3.14. The predicted octanol–water partition coefficient (Wildman–Crippen LogP) is 4.00. The normalized spacial score (nSPS) is 25.7. The van der Waals surface area contributed by atoms with E-state index in [0.717, 1.165) is 22.3 Å². The molecule has 0 unspecified atom stereocenters. The number of anilines is 1. The molecule has 4 aliphatic rings. The van der Waals surface area contributed by atoms with Gasteiger partial charge in [0, 0.05) is 5.92 Å². The van der Waals surface area contributed by atoms with E-state index in [-0.39, 0.29) is 29.8 Å². The van der Waals surface area contributed by atoms with Gasteiger partial charge < -0.3 is 4.74 Å². The Labute approximate surface area is 202 Å². The van der Waals surface area contributed by atoms with E-state index in [2.05, 4.69) is 0 Å². The minimum atomic E-state index is -1.24. The molecule has 1 heterocycles. The Morgan fingerprint density at radius 1 is 0.886 bits per heavy atom. The highest BCUT2D eigenvalue weighted by Gasteiger charge is 2.70. The summed E-state index contributed by atoms with van der Waals surface area (Å²) in [7, 11) is 0. The van der Waals surface area contributed by atoms with E-state index in [4.69, 9.17) is 4.74 Å². The monoisotopic (exact) mass is 465 g/mol. The number of carbonyl (C=O) groups is 4. The number of rotatable bonds is 4. The van der Waals surface area contributed by atoms with Gasteiger partial charge in [0.25, 0.3) is 0 Å². The molecule has 0 spiro atoms. The van der Waals surface area contributed by atoms with Gasteiger partial charge in [0.05, 0.1) is 35.1 Å². The van der Waals surface area contributed by atoms with Crippen molar-refractivity contribution >= 4 is 29.3 Å². The number of esters is 1. The predicted molar refractivity (Wildman–Crippen MR) is 128 cm³/mol. The van der Waals surface area contributed by atoms with Crippen molar-refractivity contribution < 1.29 is 23.9 Å². The van der Waals surface area contributed by atoms with Crippen LogP contribution in [0.25, 0.3) is 0 Å². The summed E-state index contributed by atoms with van der Waals surface area (Å²) in [5.74, 6) is -3.33. The maximum atomic E-state index is 14.1. The van der Waals surface area contributed by atoms with Gasteiger partial charge >= 0.3 is 5.97 Å². The van der Waals surface area contributed by atoms with Crippen molar-refractivity contribution in [1.82, 2.24) is 0 Å². The van der Waals surface area contributed by atoms with Gasteiger partial charge in [0.15, 0.2) is 0 Å². The van der Waals surface area contributed by atoms with Crippen LogP contribution in [0.3, 0.4) is 0 Å². The van der Waals surface area contributed by atoms with Crippen molar-refractivity contribution in [1.29, 1.82) is 0 Å². The first-order valence-corrected chi connectivity index (χ1v) is 11.8. The van der Waals surface area contributed by atoms with E-state index in [9.17, 15) is 19.2 Å². The van der Waals surface area contributed by atoms with E-state index >= 15 is 0 Å². The highest BCUT2D eigenvalue weighted by molar-refractivity contribution is 6.25. The van der Waals surface area contributed by atoms with Gasteiger partial charge in [-0.05, 0) is 54.3 Å². The molecule has 3 aromatic carbocycles. The highest BCUT2D eigenvalue weighted by Crippen LogP contribution is 2.64. The summed E-state index contributed by atoms with van der Waals surface area (Å²) in [5, 5.41) is 0. The molecule has 6 heteroatoms. The molecule has 6 nitrogen and oxygen atoms in total. The zero-order valence-corrected chi connectivity index (χ0v) is 19.4. The molecule has 3 aromatic rings. The number of benzene rings is 3. The second-order valence-corrected chi connectivity index (χ2v) is 9.30. The van der Waals surface area contributed by atoms with Crippen molar-refractivity contribution in [3.63, 3.8) is 0 Å². The maximum Gasteiger partial charge on any atom is 0.338 e. The van der Waals surface area contributed by atoms with Crippen LogP contribution in [0.15, 0.2) is 72.8 Å². The van der Waals surface area contributed by atoms with Gasteiger partial charge in [0.1, 0.15) is 5.78 Å². The molecule has 35 heavy (non-hydrogen) atoms. The first-order valence-electron chi connectivity index (χ1n) is 11.8. The van der Waals surface area contributed by atoms with E-state index in [1.54, 1.807) is 25.1 Å². The zero-order valence-electron chi connectivity index (χ0n) is 19.4. The second kappa shape index (κ2) is 7.47. The van der Waals surface area contributed by atoms with Crippen molar-refractivity contribution in [3.05, 3.63) is 101 Å². The number of hydrogen-bond donors (Lipinski definition) is 0. The molecule has 3 aliphatic carbocycles. The number of carbonyl (C=O) groups excluding carboxylic acids is 4. The van der Waals surface area contributed by atoms with Crippen LogP contribution < -0.4 is 4.90 Å². The van der Waals surface area contributed by atoms with Crippen molar-refractivity contribution in [3.8, 4) is 0 Å². The molecule has 174 valence electrons. The fourth-order valence-electron chi connectivity index (χ4n) is 6.61. The number of amides is 2. The number of imide groups is 1.